The summed E-state index contributed by atoms with van der Waals surface area (Å²) in [5.41, 5.74) is 1.05. The summed E-state index contributed by atoms with van der Waals surface area (Å²) in [7, 11) is 0. The Bertz CT molecular complexity index is 504. The lowest BCUT2D eigenvalue weighted by Gasteiger charge is -1.99. The zero-order chi connectivity index (χ0) is 10.7. The topological polar surface area (TPSA) is 72.1 Å². The van der Waals surface area contributed by atoms with Crippen molar-refractivity contribution in [1.82, 2.24) is 9.97 Å². The van der Waals surface area contributed by atoms with Crippen LogP contribution < -0.4 is 0 Å². The van der Waals surface area contributed by atoms with Gasteiger partial charge in [0.15, 0.2) is 6.29 Å². The van der Waals surface area contributed by atoms with E-state index in [1.54, 1.807) is 18.3 Å². The maximum absolute atomic E-state index is 11.3. The van der Waals surface area contributed by atoms with Crippen molar-refractivity contribution in [2.45, 2.75) is 0 Å². The van der Waals surface area contributed by atoms with Gasteiger partial charge in [-0.15, -0.1) is 0 Å². The molecule has 0 saturated heterocycles. The minimum atomic E-state index is -0.544. The van der Waals surface area contributed by atoms with Crippen molar-refractivity contribution in [1.29, 1.82) is 0 Å². The predicted octanol–water partition coefficient (Wildman–Crippen LogP) is 0.919. The standard InChI is InChI=1S/C10H8N2O3/c13-3-4-15-10(14)8-5-7-1-2-11-9(7)12-6-8/h1-3,5-6H,4H2,(H,11,12). The smallest absolute Gasteiger partial charge is 0.340 e. The van der Waals surface area contributed by atoms with Crippen LogP contribution in [0.5, 0.6) is 0 Å². The van der Waals surface area contributed by atoms with Crippen LogP contribution in [0, 0.1) is 0 Å². The van der Waals surface area contributed by atoms with Crippen LogP contribution in [0.3, 0.4) is 0 Å². The summed E-state index contributed by atoms with van der Waals surface area (Å²) in [4.78, 5) is 28.3. The van der Waals surface area contributed by atoms with E-state index in [0.717, 1.165) is 5.39 Å². The highest BCUT2D eigenvalue weighted by molar-refractivity contribution is 5.93. The molecule has 0 fully saturated rings. The molecule has 0 saturated carbocycles. The third-order valence-electron chi connectivity index (χ3n) is 1.92. The summed E-state index contributed by atoms with van der Waals surface area (Å²) in [6.45, 7) is -0.232. The molecule has 0 bridgehead atoms. The van der Waals surface area contributed by atoms with Crippen LogP contribution in [-0.4, -0.2) is 28.8 Å². The molecule has 2 heterocycles. The molecule has 5 nitrogen and oxygen atoms in total. The second-order valence-corrected chi connectivity index (χ2v) is 2.90. The zero-order valence-electron chi connectivity index (χ0n) is 7.77. The Morgan fingerprint density at radius 2 is 2.47 bits per heavy atom. The van der Waals surface area contributed by atoms with Crippen molar-refractivity contribution in [3.8, 4) is 0 Å². The van der Waals surface area contributed by atoms with E-state index in [0.29, 0.717) is 17.5 Å². The van der Waals surface area contributed by atoms with Crippen LogP contribution in [0.2, 0.25) is 0 Å². The molecule has 5 heteroatoms. The van der Waals surface area contributed by atoms with E-state index in [-0.39, 0.29) is 6.61 Å². The Hall–Kier alpha value is -2.17. The number of pyridine rings is 1. The fourth-order valence-corrected chi connectivity index (χ4v) is 1.24. The third kappa shape index (κ3) is 1.85. The number of H-pyrrole nitrogens is 1. The van der Waals surface area contributed by atoms with Gasteiger partial charge in [0.05, 0.1) is 5.56 Å². The second kappa shape index (κ2) is 3.91. The van der Waals surface area contributed by atoms with Gasteiger partial charge in [0.1, 0.15) is 12.3 Å². The average molecular weight is 204 g/mol. The van der Waals surface area contributed by atoms with Crippen molar-refractivity contribution in [3.63, 3.8) is 0 Å². The van der Waals surface area contributed by atoms with Gasteiger partial charge in [0.2, 0.25) is 0 Å². The number of fused-ring (bicyclic) bond motifs is 1. The predicted molar refractivity (Wildman–Crippen MR) is 52.4 cm³/mol. The fraction of sp³-hybridized carbons (Fsp3) is 0.100. The Labute approximate surface area is 85.1 Å². The second-order valence-electron chi connectivity index (χ2n) is 2.90. The first-order chi connectivity index (χ1) is 7.31. The maximum atomic E-state index is 11.3. The summed E-state index contributed by atoms with van der Waals surface area (Å²) >= 11 is 0. The molecule has 2 aromatic rings. The molecule has 2 aromatic heterocycles. The third-order valence-corrected chi connectivity index (χ3v) is 1.92. The number of carbonyl (C=O) groups excluding carboxylic acids is 2. The van der Waals surface area contributed by atoms with Crippen LogP contribution in [0.1, 0.15) is 10.4 Å². The van der Waals surface area contributed by atoms with Crippen LogP contribution >= 0.6 is 0 Å². The van der Waals surface area contributed by atoms with Gasteiger partial charge in [-0.05, 0) is 12.1 Å². The molecule has 0 atom stereocenters. The molecule has 0 aromatic carbocycles. The number of aldehydes is 1. The molecule has 0 aliphatic heterocycles. The number of carbonyl (C=O) groups is 2. The highest BCUT2D eigenvalue weighted by Gasteiger charge is 2.08. The molecule has 0 amide bonds. The van der Waals surface area contributed by atoms with Crippen LogP contribution in [0.4, 0.5) is 0 Å². The molecule has 2 rings (SSSR count). The van der Waals surface area contributed by atoms with Gasteiger partial charge in [-0.3, -0.25) is 4.79 Å². The van der Waals surface area contributed by atoms with E-state index in [1.165, 1.54) is 6.20 Å². The summed E-state index contributed by atoms with van der Waals surface area (Å²) in [5, 5.41) is 0.829. The SMILES string of the molecule is O=CCOC(=O)c1cnc2[nH]ccc2c1. The van der Waals surface area contributed by atoms with E-state index in [1.807, 2.05) is 0 Å². The lowest BCUT2D eigenvalue weighted by Crippen LogP contribution is -2.07. The number of nitrogens with one attached hydrogen (secondary N) is 1. The first-order valence-corrected chi connectivity index (χ1v) is 4.35. The number of hydrogen-bond donors (Lipinski definition) is 1. The molecule has 0 radical (unpaired) electrons. The van der Waals surface area contributed by atoms with E-state index >= 15 is 0 Å². The van der Waals surface area contributed by atoms with Crippen molar-refractivity contribution in [3.05, 3.63) is 30.1 Å². The Kier molecular flexibility index (Phi) is 2.45. The van der Waals surface area contributed by atoms with Gasteiger partial charge in [-0.25, -0.2) is 9.78 Å². The van der Waals surface area contributed by atoms with E-state index in [9.17, 15) is 9.59 Å². The quantitative estimate of drug-likeness (QED) is 0.596. The monoisotopic (exact) mass is 204 g/mol. The molecule has 1 N–H and O–H groups in total. The van der Waals surface area contributed by atoms with Crippen molar-refractivity contribution >= 4 is 23.3 Å². The van der Waals surface area contributed by atoms with Crippen LogP contribution in [0.15, 0.2) is 24.5 Å². The lowest BCUT2D eigenvalue weighted by atomic mass is 10.2. The van der Waals surface area contributed by atoms with Crippen molar-refractivity contribution < 1.29 is 14.3 Å². The number of nitrogens with zero attached hydrogens (tertiary/aromatic N) is 1. The Morgan fingerprint density at radius 1 is 1.60 bits per heavy atom. The molecule has 0 spiro atoms. The Balaban J connectivity index is 2.27. The number of aromatic nitrogens is 2. The lowest BCUT2D eigenvalue weighted by molar-refractivity contribution is -0.110. The fourth-order valence-electron chi connectivity index (χ4n) is 1.24. The molecule has 0 unspecified atom stereocenters. The molecule has 0 aliphatic rings. The van der Waals surface area contributed by atoms with Gasteiger partial charge in [-0.2, -0.15) is 0 Å². The maximum Gasteiger partial charge on any atom is 0.340 e. The highest BCUT2D eigenvalue weighted by atomic mass is 16.5. The number of rotatable bonds is 3. The summed E-state index contributed by atoms with van der Waals surface area (Å²) < 4.78 is 4.65. The first kappa shape index (κ1) is 9.39. The molecule has 0 aliphatic carbocycles. The van der Waals surface area contributed by atoms with Gasteiger partial charge in [-0.1, -0.05) is 0 Å². The highest BCUT2D eigenvalue weighted by Crippen LogP contribution is 2.11. The summed E-state index contributed by atoms with van der Waals surface area (Å²) in [6, 6.07) is 3.46. The molecular formula is C10H8N2O3. The summed E-state index contributed by atoms with van der Waals surface area (Å²) in [5.74, 6) is -0.544. The zero-order valence-corrected chi connectivity index (χ0v) is 7.77. The molecule has 15 heavy (non-hydrogen) atoms. The van der Waals surface area contributed by atoms with E-state index in [2.05, 4.69) is 14.7 Å². The molecule has 76 valence electrons. The minimum Gasteiger partial charge on any atom is -0.454 e. The number of hydrogen-bond acceptors (Lipinski definition) is 4. The Morgan fingerprint density at radius 3 is 3.27 bits per heavy atom. The number of aromatic amines is 1. The minimum absolute atomic E-state index is 0.232. The summed E-state index contributed by atoms with van der Waals surface area (Å²) in [6.07, 6.45) is 3.67. The van der Waals surface area contributed by atoms with E-state index < -0.39 is 5.97 Å². The van der Waals surface area contributed by atoms with Crippen molar-refractivity contribution in [2.75, 3.05) is 6.61 Å². The number of esters is 1. The molecular weight excluding hydrogens is 196 g/mol. The van der Waals surface area contributed by atoms with Gasteiger partial charge >= 0.3 is 5.97 Å². The first-order valence-electron chi connectivity index (χ1n) is 4.35. The van der Waals surface area contributed by atoms with Crippen molar-refractivity contribution in [2.24, 2.45) is 0 Å². The van der Waals surface area contributed by atoms with Gasteiger partial charge in [0.25, 0.3) is 0 Å². The number of ether oxygens (including phenoxy) is 1. The van der Waals surface area contributed by atoms with Gasteiger partial charge < -0.3 is 9.72 Å². The normalized spacial score (nSPS) is 10.1. The van der Waals surface area contributed by atoms with Crippen LogP contribution in [0.25, 0.3) is 11.0 Å². The van der Waals surface area contributed by atoms with Gasteiger partial charge in [0, 0.05) is 17.8 Å². The average Bonchev–Trinajstić information content (AvgIpc) is 2.72. The largest absolute Gasteiger partial charge is 0.454 e. The van der Waals surface area contributed by atoms with E-state index in [4.69, 9.17) is 0 Å². The van der Waals surface area contributed by atoms with Crippen LogP contribution in [-0.2, 0) is 9.53 Å².